The van der Waals surface area contributed by atoms with E-state index in [-0.39, 0.29) is 43.5 Å². The van der Waals surface area contributed by atoms with Crippen molar-refractivity contribution in [1.82, 2.24) is 10.3 Å². The molecule has 1 aromatic heterocycles. The van der Waals surface area contributed by atoms with Gasteiger partial charge in [0.15, 0.2) is 0 Å². The fraction of sp³-hybridized carbons (Fsp3) is 0.200. The van der Waals surface area contributed by atoms with Crippen LogP contribution in [0.15, 0.2) is 67.0 Å². The van der Waals surface area contributed by atoms with E-state index in [1.807, 2.05) is 36.4 Å². The monoisotopic (exact) mass is 461 g/mol. The summed E-state index contributed by atoms with van der Waals surface area (Å²) in [6, 6.07) is 17.5. The third kappa shape index (κ3) is 5.38. The molecule has 34 heavy (non-hydrogen) atoms. The molecule has 2 aromatic carbocycles. The minimum atomic E-state index is -1.14. The number of carboxylic acids is 1. The predicted octanol–water partition coefficient (Wildman–Crippen LogP) is 3.27. The lowest BCUT2D eigenvalue weighted by molar-refractivity contribution is -0.120. The van der Waals surface area contributed by atoms with Crippen molar-refractivity contribution in [2.24, 2.45) is 0 Å². The quantitative estimate of drug-likeness (QED) is 0.417. The van der Waals surface area contributed by atoms with Crippen LogP contribution in [-0.4, -0.2) is 54.4 Å². The molecule has 3 N–H and O–H groups in total. The average molecular weight is 461 g/mol. The number of carboxylic acid groups (broad SMARTS) is 1. The molecule has 0 spiro atoms. The fourth-order valence-corrected chi connectivity index (χ4v) is 3.86. The minimum absolute atomic E-state index is 0.0211. The third-order valence-electron chi connectivity index (χ3n) is 5.36. The summed E-state index contributed by atoms with van der Waals surface area (Å²) in [5, 5.41) is 14.1. The zero-order valence-electron chi connectivity index (χ0n) is 18.2. The number of anilines is 1. The first-order valence-corrected chi connectivity index (χ1v) is 10.7. The Hall–Kier alpha value is -4.24. The summed E-state index contributed by atoms with van der Waals surface area (Å²) in [6.45, 7) is 0.223. The van der Waals surface area contributed by atoms with Crippen LogP contribution in [0.3, 0.4) is 0 Å². The molecule has 0 bridgehead atoms. The number of alkyl carbamates (subject to hydrolysis) is 1. The van der Waals surface area contributed by atoms with Crippen LogP contribution in [0, 0.1) is 0 Å². The fourth-order valence-electron chi connectivity index (χ4n) is 3.86. The number of pyridine rings is 1. The maximum atomic E-state index is 12.1. The summed E-state index contributed by atoms with van der Waals surface area (Å²) >= 11 is 0. The SMILES string of the molecule is O=C(COCCNC(=O)OCC1c2ccccc2-c2ccccc21)Nc1cncc(C(=O)O)c1. The number of hydrogen-bond acceptors (Lipinski definition) is 6. The molecule has 1 heterocycles. The Balaban J connectivity index is 1.17. The van der Waals surface area contributed by atoms with Crippen molar-refractivity contribution in [1.29, 1.82) is 0 Å². The summed E-state index contributed by atoms with van der Waals surface area (Å²) < 4.78 is 10.7. The molecule has 0 saturated heterocycles. The van der Waals surface area contributed by atoms with E-state index in [1.54, 1.807) is 0 Å². The Bertz CT molecular complexity index is 1170. The molecule has 0 radical (unpaired) electrons. The standard InChI is InChI=1S/C25H23N3O6/c29-23(28-17-11-16(24(30)31)12-26-13-17)15-33-10-9-27-25(32)34-14-22-20-7-3-1-5-18(20)19-6-2-4-8-21(19)22/h1-8,11-13,22H,9-10,14-15H2,(H,27,32)(H,28,29)(H,30,31). The van der Waals surface area contributed by atoms with E-state index in [1.165, 1.54) is 18.5 Å². The van der Waals surface area contributed by atoms with Gasteiger partial charge in [0.1, 0.15) is 13.2 Å². The van der Waals surface area contributed by atoms with Gasteiger partial charge in [0.2, 0.25) is 5.91 Å². The highest BCUT2D eigenvalue weighted by Gasteiger charge is 2.28. The summed E-state index contributed by atoms with van der Waals surface area (Å²) in [5.74, 6) is -1.63. The van der Waals surface area contributed by atoms with Crippen LogP contribution in [0.5, 0.6) is 0 Å². The van der Waals surface area contributed by atoms with E-state index in [0.717, 1.165) is 22.3 Å². The topological polar surface area (TPSA) is 127 Å². The molecule has 0 fully saturated rings. The molecular formula is C25H23N3O6. The third-order valence-corrected chi connectivity index (χ3v) is 5.36. The molecule has 174 valence electrons. The van der Waals surface area contributed by atoms with Crippen molar-refractivity contribution >= 4 is 23.7 Å². The van der Waals surface area contributed by atoms with Crippen molar-refractivity contribution in [2.45, 2.75) is 5.92 Å². The number of hydrogen-bond donors (Lipinski definition) is 3. The zero-order valence-corrected chi connectivity index (χ0v) is 18.2. The van der Waals surface area contributed by atoms with Crippen LogP contribution in [0.4, 0.5) is 10.5 Å². The van der Waals surface area contributed by atoms with Crippen LogP contribution >= 0.6 is 0 Å². The van der Waals surface area contributed by atoms with Gasteiger partial charge in [-0.3, -0.25) is 9.78 Å². The van der Waals surface area contributed by atoms with Gasteiger partial charge in [-0.2, -0.15) is 0 Å². The highest BCUT2D eigenvalue weighted by atomic mass is 16.5. The van der Waals surface area contributed by atoms with Gasteiger partial charge in [-0.1, -0.05) is 48.5 Å². The molecule has 1 aliphatic rings. The van der Waals surface area contributed by atoms with E-state index < -0.39 is 18.0 Å². The maximum absolute atomic E-state index is 12.1. The molecule has 0 aliphatic heterocycles. The minimum Gasteiger partial charge on any atom is -0.478 e. The lowest BCUT2D eigenvalue weighted by Gasteiger charge is -2.14. The number of carbonyl (C=O) groups is 3. The summed E-state index contributed by atoms with van der Waals surface area (Å²) in [5.41, 5.74) is 4.80. The smallest absolute Gasteiger partial charge is 0.407 e. The number of fused-ring (bicyclic) bond motifs is 3. The highest BCUT2D eigenvalue weighted by Crippen LogP contribution is 2.44. The maximum Gasteiger partial charge on any atom is 0.407 e. The first kappa shape index (κ1) is 22.9. The van der Waals surface area contributed by atoms with Crippen LogP contribution < -0.4 is 10.6 Å². The van der Waals surface area contributed by atoms with Crippen molar-refractivity contribution in [3.8, 4) is 11.1 Å². The van der Waals surface area contributed by atoms with Gasteiger partial charge >= 0.3 is 12.1 Å². The lowest BCUT2D eigenvalue weighted by atomic mass is 9.98. The summed E-state index contributed by atoms with van der Waals surface area (Å²) in [6.07, 6.45) is 1.96. The number of rotatable bonds is 9. The first-order valence-electron chi connectivity index (χ1n) is 10.7. The van der Waals surface area contributed by atoms with Crippen LogP contribution in [0.2, 0.25) is 0 Å². The Labute approximate surface area is 195 Å². The van der Waals surface area contributed by atoms with Crippen LogP contribution in [0.1, 0.15) is 27.4 Å². The molecular weight excluding hydrogens is 438 g/mol. The Morgan fingerprint density at radius 1 is 0.971 bits per heavy atom. The summed E-state index contributed by atoms with van der Waals surface area (Å²) in [4.78, 5) is 38.8. The van der Waals surface area contributed by atoms with Crippen molar-refractivity contribution in [3.63, 3.8) is 0 Å². The highest BCUT2D eigenvalue weighted by molar-refractivity contribution is 5.94. The van der Waals surface area contributed by atoms with Gasteiger partial charge in [-0.05, 0) is 28.3 Å². The molecule has 1 aliphatic carbocycles. The van der Waals surface area contributed by atoms with Gasteiger partial charge in [0.25, 0.3) is 0 Å². The number of carbonyl (C=O) groups excluding carboxylic acids is 2. The van der Waals surface area contributed by atoms with Gasteiger partial charge in [-0.15, -0.1) is 0 Å². The van der Waals surface area contributed by atoms with Gasteiger partial charge < -0.3 is 25.2 Å². The second kappa shape index (κ2) is 10.6. The van der Waals surface area contributed by atoms with Gasteiger partial charge in [0, 0.05) is 18.7 Å². The lowest BCUT2D eigenvalue weighted by Crippen LogP contribution is -2.30. The number of amides is 2. The molecule has 2 amide bonds. The van der Waals surface area contributed by atoms with E-state index in [2.05, 4.69) is 27.8 Å². The Kier molecular flexibility index (Phi) is 7.14. The second-order valence-electron chi connectivity index (χ2n) is 7.62. The van der Waals surface area contributed by atoms with Crippen molar-refractivity contribution in [3.05, 3.63) is 83.7 Å². The number of benzene rings is 2. The van der Waals surface area contributed by atoms with E-state index >= 15 is 0 Å². The Morgan fingerprint density at radius 2 is 1.65 bits per heavy atom. The predicted molar refractivity (Wildman–Crippen MR) is 124 cm³/mol. The van der Waals surface area contributed by atoms with Crippen molar-refractivity contribution in [2.75, 3.05) is 31.7 Å². The normalized spacial score (nSPS) is 11.9. The number of ether oxygens (including phenoxy) is 2. The van der Waals surface area contributed by atoms with Crippen LogP contribution in [-0.2, 0) is 14.3 Å². The molecule has 9 heteroatoms. The Morgan fingerprint density at radius 3 is 2.32 bits per heavy atom. The zero-order chi connectivity index (χ0) is 23.9. The second-order valence-corrected chi connectivity index (χ2v) is 7.62. The molecule has 0 unspecified atom stereocenters. The van der Waals surface area contributed by atoms with Gasteiger partial charge in [0.05, 0.1) is 24.1 Å². The molecule has 4 rings (SSSR count). The van der Waals surface area contributed by atoms with Crippen molar-refractivity contribution < 1.29 is 29.0 Å². The number of aromatic carboxylic acids is 1. The molecule has 9 nitrogen and oxygen atoms in total. The first-order chi connectivity index (χ1) is 16.5. The van der Waals surface area contributed by atoms with E-state index in [0.29, 0.717) is 0 Å². The number of aromatic nitrogens is 1. The average Bonchev–Trinajstić information content (AvgIpc) is 3.16. The summed E-state index contributed by atoms with van der Waals surface area (Å²) in [7, 11) is 0. The van der Waals surface area contributed by atoms with Gasteiger partial charge in [-0.25, -0.2) is 9.59 Å². The molecule has 0 saturated carbocycles. The van der Waals surface area contributed by atoms with E-state index in [9.17, 15) is 14.4 Å². The van der Waals surface area contributed by atoms with Crippen LogP contribution in [0.25, 0.3) is 11.1 Å². The molecule has 3 aromatic rings. The largest absolute Gasteiger partial charge is 0.478 e. The van der Waals surface area contributed by atoms with E-state index in [4.69, 9.17) is 14.6 Å². The number of nitrogens with zero attached hydrogens (tertiary/aromatic N) is 1. The molecule has 0 atom stereocenters. The number of nitrogens with one attached hydrogen (secondary N) is 2.